The highest BCUT2D eigenvalue weighted by Crippen LogP contribution is 2.38. The lowest BCUT2D eigenvalue weighted by molar-refractivity contribution is 0.103. The zero-order chi connectivity index (χ0) is 17.1. The molecule has 0 aliphatic rings. The van der Waals surface area contributed by atoms with Crippen LogP contribution in [0.1, 0.15) is 16.1 Å². The molecule has 0 amide bonds. The van der Waals surface area contributed by atoms with E-state index in [9.17, 15) is 4.79 Å². The van der Waals surface area contributed by atoms with Crippen molar-refractivity contribution in [1.29, 1.82) is 0 Å². The minimum absolute atomic E-state index is 0.253. The monoisotopic (exact) mass is 324 g/mol. The van der Waals surface area contributed by atoms with Crippen molar-refractivity contribution in [3.05, 3.63) is 53.9 Å². The molecule has 0 aliphatic heterocycles. The summed E-state index contributed by atoms with van der Waals surface area (Å²) in [5.74, 6) is 0.983. The Labute approximate surface area is 139 Å². The number of carbonyl (C=O) groups excluding carboxylic acids is 1. The lowest BCUT2D eigenvalue weighted by Crippen LogP contribution is -2.07. The van der Waals surface area contributed by atoms with Gasteiger partial charge >= 0.3 is 0 Å². The van der Waals surface area contributed by atoms with Crippen LogP contribution in [0.3, 0.4) is 0 Å². The summed E-state index contributed by atoms with van der Waals surface area (Å²) in [5.41, 5.74) is 2.03. The molecule has 0 unspecified atom stereocenters. The molecule has 0 bridgehead atoms. The number of hydrogen-bond donors (Lipinski definition) is 0. The number of ether oxygens (including phenoxy) is 3. The summed E-state index contributed by atoms with van der Waals surface area (Å²) in [5, 5.41) is 0. The lowest BCUT2D eigenvalue weighted by atomic mass is 10.1. The first-order chi connectivity index (χ1) is 11.7. The van der Waals surface area contributed by atoms with Gasteiger partial charge < -0.3 is 14.2 Å². The summed E-state index contributed by atoms with van der Waals surface area (Å²) >= 11 is 0. The van der Waals surface area contributed by atoms with Crippen LogP contribution in [0, 0.1) is 0 Å². The third kappa shape index (κ3) is 2.74. The van der Waals surface area contributed by atoms with Gasteiger partial charge in [0.05, 0.1) is 38.6 Å². The fraction of sp³-hybridized carbons (Fsp3) is 0.167. The van der Waals surface area contributed by atoms with Crippen molar-refractivity contribution >= 4 is 16.8 Å². The molecule has 6 nitrogen and oxygen atoms in total. The molecule has 3 aromatic rings. The smallest absolute Gasteiger partial charge is 0.213 e. The molecule has 0 saturated carbocycles. The van der Waals surface area contributed by atoms with E-state index >= 15 is 0 Å². The van der Waals surface area contributed by atoms with E-state index in [-0.39, 0.29) is 11.5 Å². The molecule has 0 N–H and O–H groups in total. The number of hydrogen-bond acceptors (Lipinski definition) is 6. The van der Waals surface area contributed by atoms with E-state index in [1.807, 2.05) is 24.3 Å². The Bertz CT molecular complexity index is 883. The summed E-state index contributed by atoms with van der Waals surface area (Å²) < 4.78 is 15.8. The lowest BCUT2D eigenvalue weighted by Gasteiger charge is -2.13. The highest BCUT2D eigenvalue weighted by atomic mass is 16.5. The molecule has 122 valence electrons. The van der Waals surface area contributed by atoms with Gasteiger partial charge in [0.15, 0.2) is 11.5 Å². The van der Waals surface area contributed by atoms with Crippen LogP contribution in [-0.4, -0.2) is 37.1 Å². The molecule has 3 rings (SSSR count). The summed E-state index contributed by atoms with van der Waals surface area (Å²) in [7, 11) is 4.51. The quantitative estimate of drug-likeness (QED) is 0.672. The first-order valence-corrected chi connectivity index (χ1v) is 7.24. The van der Waals surface area contributed by atoms with Crippen molar-refractivity contribution in [2.24, 2.45) is 0 Å². The number of rotatable bonds is 5. The molecular formula is C18H16N2O4. The van der Waals surface area contributed by atoms with E-state index in [4.69, 9.17) is 14.2 Å². The molecule has 0 fully saturated rings. The molecule has 0 saturated heterocycles. The fourth-order valence-corrected chi connectivity index (χ4v) is 2.43. The van der Waals surface area contributed by atoms with E-state index in [1.54, 1.807) is 12.1 Å². The summed E-state index contributed by atoms with van der Waals surface area (Å²) in [6, 6.07) is 10.6. The average Bonchev–Trinajstić information content (AvgIpc) is 2.65. The Morgan fingerprint density at radius 1 is 0.917 bits per heavy atom. The summed E-state index contributed by atoms with van der Waals surface area (Å²) in [6.07, 6.45) is 1.47. The Hall–Kier alpha value is -3.15. The summed E-state index contributed by atoms with van der Waals surface area (Å²) in [4.78, 5) is 21.4. The normalized spacial score (nSPS) is 10.5. The van der Waals surface area contributed by atoms with Crippen LogP contribution in [0.4, 0.5) is 0 Å². The highest BCUT2D eigenvalue weighted by molar-refractivity contribution is 6.08. The number of aromatic nitrogens is 2. The molecule has 2 aromatic carbocycles. The van der Waals surface area contributed by atoms with Gasteiger partial charge in [0.25, 0.3) is 0 Å². The van der Waals surface area contributed by atoms with Gasteiger partial charge in [-0.05, 0) is 24.3 Å². The van der Waals surface area contributed by atoms with Gasteiger partial charge in [-0.2, -0.15) is 0 Å². The van der Waals surface area contributed by atoms with Gasteiger partial charge in [0.2, 0.25) is 11.5 Å². The van der Waals surface area contributed by atoms with Gasteiger partial charge in [0, 0.05) is 5.56 Å². The third-order valence-electron chi connectivity index (χ3n) is 3.61. The van der Waals surface area contributed by atoms with Gasteiger partial charge in [0.1, 0.15) is 5.69 Å². The van der Waals surface area contributed by atoms with E-state index in [1.165, 1.54) is 27.5 Å². The molecule has 6 heteroatoms. The van der Waals surface area contributed by atoms with Crippen LogP contribution in [0.15, 0.2) is 42.6 Å². The van der Waals surface area contributed by atoms with E-state index in [2.05, 4.69) is 9.97 Å². The third-order valence-corrected chi connectivity index (χ3v) is 3.61. The van der Waals surface area contributed by atoms with Crippen molar-refractivity contribution < 1.29 is 19.0 Å². The maximum Gasteiger partial charge on any atom is 0.213 e. The minimum Gasteiger partial charge on any atom is -0.493 e. The van der Waals surface area contributed by atoms with Crippen molar-refractivity contribution in [3.8, 4) is 17.2 Å². The summed E-state index contributed by atoms with van der Waals surface area (Å²) in [6.45, 7) is 0. The maximum absolute atomic E-state index is 12.8. The fourth-order valence-electron chi connectivity index (χ4n) is 2.43. The van der Waals surface area contributed by atoms with E-state index in [0.717, 1.165) is 5.52 Å². The second kappa shape index (κ2) is 6.54. The van der Waals surface area contributed by atoms with Crippen LogP contribution in [0.2, 0.25) is 0 Å². The Morgan fingerprint density at radius 2 is 1.54 bits per heavy atom. The number of methoxy groups -OCH3 is 3. The molecule has 1 heterocycles. The minimum atomic E-state index is -0.271. The average molecular weight is 324 g/mol. The second-order valence-corrected chi connectivity index (χ2v) is 4.99. The van der Waals surface area contributed by atoms with Crippen molar-refractivity contribution in [1.82, 2.24) is 9.97 Å². The first kappa shape index (κ1) is 15.7. The number of carbonyl (C=O) groups is 1. The number of ketones is 1. The molecule has 0 aliphatic carbocycles. The predicted octanol–water partition coefficient (Wildman–Crippen LogP) is 2.89. The van der Waals surface area contributed by atoms with Crippen LogP contribution < -0.4 is 14.2 Å². The molecule has 1 aromatic heterocycles. The van der Waals surface area contributed by atoms with Gasteiger partial charge in [-0.25, -0.2) is 4.98 Å². The second-order valence-electron chi connectivity index (χ2n) is 4.99. The number of nitrogens with zero attached hydrogens (tertiary/aromatic N) is 2. The van der Waals surface area contributed by atoms with Crippen molar-refractivity contribution in [2.75, 3.05) is 21.3 Å². The number of benzene rings is 2. The Kier molecular flexibility index (Phi) is 4.29. The topological polar surface area (TPSA) is 70.5 Å². The largest absolute Gasteiger partial charge is 0.493 e. The Morgan fingerprint density at radius 3 is 2.12 bits per heavy atom. The van der Waals surface area contributed by atoms with Crippen LogP contribution in [0.5, 0.6) is 17.2 Å². The van der Waals surface area contributed by atoms with Gasteiger partial charge in [-0.15, -0.1) is 0 Å². The molecule has 0 radical (unpaired) electrons. The van der Waals surface area contributed by atoms with Crippen LogP contribution in [-0.2, 0) is 0 Å². The Balaban J connectivity index is 2.08. The first-order valence-electron chi connectivity index (χ1n) is 7.24. The predicted molar refractivity (Wildman–Crippen MR) is 89.1 cm³/mol. The van der Waals surface area contributed by atoms with Crippen LogP contribution in [0.25, 0.3) is 11.0 Å². The standard InChI is InChI=1S/C18H16N2O4/c1-22-15-8-11(9-16(23-2)18(15)24-3)17(21)14-10-19-12-6-4-5-7-13(12)20-14/h4-10H,1-3H3. The zero-order valence-corrected chi connectivity index (χ0v) is 13.6. The molecular weight excluding hydrogens is 308 g/mol. The van der Waals surface area contributed by atoms with Gasteiger partial charge in [-0.3, -0.25) is 9.78 Å². The highest BCUT2D eigenvalue weighted by Gasteiger charge is 2.19. The molecule has 24 heavy (non-hydrogen) atoms. The number of para-hydroxylation sites is 2. The van der Waals surface area contributed by atoms with Crippen LogP contribution >= 0.6 is 0 Å². The zero-order valence-electron chi connectivity index (χ0n) is 13.6. The van der Waals surface area contributed by atoms with E-state index in [0.29, 0.717) is 28.3 Å². The molecule has 0 spiro atoms. The van der Waals surface area contributed by atoms with Crippen molar-refractivity contribution in [2.45, 2.75) is 0 Å². The van der Waals surface area contributed by atoms with Gasteiger partial charge in [-0.1, -0.05) is 12.1 Å². The van der Waals surface area contributed by atoms with Crippen molar-refractivity contribution in [3.63, 3.8) is 0 Å². The van der Waals surface area contributed by atoms with E-state index < -0.39 is 0 Å². The SMILES string of the molecule is COc1cc(C(=O)c2cnc3ccccc3n2)cc(OC)c1OC. The maximum atomic E-state index is 12.8. The number of fused-ring (bicyclic) bond motifs is 1. The molecule has 0 atom stereocenters.